The lowest BCUT2D eigenvalue weighted by molar-refractivity contribution is 0.631. The molecule has 5 heteroatoms. The van der Waals surface area contributed by atoms with Gasteiger partial charge >= 0.3 is 0 Å². The Labute approximate surface area is 112 Å². The van der Waals surface area contributed by atoms with Gasteiger partial charge in [-0.05, 0) is 25.5 Å². The van der Waals surface area contributed by atoms with Crippen LogP contribution in [0.5, 0.6) is 0 Å². The van der Waals surface area contributed by atoms with E-state index >= 15 is 0 Å². The number of nitrogens with zero attached hydrogens (tertiary/aromatic N) is 3. The molecule has 1 aliphatic rings. The van der Waals surface area contributed by atoms with E-state index in [0.29, 0.717) is 12.0 Å². The van der Waals surface area contributed by atoms with Crippen molar-refractivity contribution in [2.45, 2.75) is 18.9 Å². The van der Waals surface area contributed by atoms with E-state index in [1.165, 1.54) is 12.8 Å². The lowest BCUT2D eigenvalue weighted by atomic mass is 10.2. The van der Waals surface area contributed by atoms with E-state index in [9.17, 15) is 0 Å². The molecule has 1 unspecified atom stereocenters. The summed E-state index contributed by atoms with van der Waals surface area (Å²) < 4.78 is 0. The molecule has 19 heavy (non-hydrogen) atoms. The van der Waals surface area contributed by atoms with Crippen LogP contribution < -0.4 is 10.6 Å². The van der Waals surface area contributed by atoms with Crippen molar-refractivity contribution in [3.8, 4) is 11.1 Å². The number of nitrogens with one attached hydrogen (secondary N) is 2. The Morgan fingerprint density at radius 2 is 2.11 bits per heavy atom. The highest BCUT2D eigenvalue weighted by molar-refractivity contribution is 5.60. The largest absolute Gasteiger partial charge is 0.353 e. The van der Waals surface area contributed by atoms with Crippen molar-refractivity contribution in [2.24, 2.45) is 0 Å². The first-order chi connectivity index (χ1) is 9.42. The third-order valence-corrected chi connectivity index (χ3v) is 3.32. The molecule has 2 aromatic rings. The van der Waals surface area contributed by atoms with E-state index in [0.717, 1.165) is 24.2 Å². The van der Waals surface area contributed by atoms with E-state index in [1.54, 1.807) is 6.20 Å². The van der Waals surface area contributed by atoms with E-state index in [-0.39, 0.29) is 0 Å². The zero-order chi connectivity index (χ0) is 12.9. The molecular weight excluding hydrogens is 238 g/mol. The maximum atomic E-state index is 4.34. The van der Waals surface area contributed by atoms with Gasteiger partial charge in [-0.2, -0.15) is 0 Å². The quantitative estimate of drug-likeness (QED) is 0.870. The van der Waals surface area contributed by atoms with Crippen molar-refractivity contribution in [3.05, 3.63) is 36.9 Å². The summed E-state index contributed by atoms with van der Waals surface area (Å²) in [4.78, 5) is 12.8. The Morgan fingerprint density at radius 1 is 1.21 bits per heavy atom. The SMILES string of the molecule is c1cncc(-c2cnc(NCC3CCCN3)nc2)c1. The zero-order valence-electron chi connectivity index (χ0n) is 10.7. The standard InChI is InChI=1S/C14H17N5/c1-3-11(7-15-5-1)12-8-17-14(18-9-12)19-10-13-4-2-6-16-13/h1,3,5,7-9,13,16H,2,4,6,10H2,(H,17,18,19). The molecule has 0 spiro atoms. The van der Waals surface area contributed by atoms with Crippen molar-refractivity contribution in [3.63, 3.8) is 0 Å². The topological polar surface area (TPSA) is 62.7 Å². The molecule has 5 nitrogen and oxygen atoms in total. The molecule has 1 fully saturated rings. The summed E-state index contributed by atoms with van der Waals surface area (Å²) in [5.74, 6) is 0.682. The molecule has 2 N–H and O–H groups in total. The third-order valence-electron chi connectivity index (χ3n) is 3.32. The molecule has 0 aliphatic carbocycles. The fourth-order valence-electron chi connectivity index (χ4n) is 2.25. The Hall–Kier alpha value is -2.01. The van der Waals surface area contributed by atoms with Crippen molar-refractivity contribution < 1.29 is 0 Å². The first kappa shape index (κ1) is 12.0. The number of hydrogen-bond donors (Lipinski definition) is 2. The number of rotatable bonds is 4. The van der Waals surface area contributed by atoms with E-state index in [2.05, 4.69) is 25.6 Å². The van der Waals surface area contributed by atoms with Crippen molar-refractivity contribution in [1.29, 1.82) is 0 Å². The second-order valence-corrected chi connectivity index (χ2v) is 4.71. The van der Waals surface area contributed by atoms with Crippen LogP contribution in [0.15, 0.2) is 36.9 Å². The number of pyridine rings is 1. The predicted octanol–water partition coefficient (Wildman–Crippen LogP) is 1.70. The van der Waals surface area contributed by atoms with Crippen LogP contribution in [-0.2, 0) is 0 Å². The Balaban J connectivity index is 1.62. The van der Waals surface area contributed by atoms with E-state index in [4.69, 9.17) is 0 Å². The van der Waals surface area contributed by atoms with Gasteiger partial charge in [-0.15, -0.1) is 0 Å². The van der Waals surface area contributed by atoms with Gasteiger partial charge in [0.25, 0.3) is 0 Å². The number of aromatic nitrogens is 3. The van der Waals surface area contributed by atoms with Gasteiger partial charge in [0.05, 0.1) is 0 Å². The Morgan fingerprint density at radius 3 is 2.79 bits per heavy atom. The normalized spacial score (nSPS) is 18.4. The maximum absolute atomic E-state index is 4.34. The molecule has 0 aromatic carbocycles. The van der Waals surface area contributed by atoms with Crippen molar-refractivity contribution in [2.75, 3.05) is 18.4 Å². The molecule has 1 saturated heterocycles. The predicted molar refractivity (Wildman–Crippen MR) is 74.8 cm³/mol. The number of hydrogen-bond acceptors (Lipinski definition) is 5. The molecule has 3 heterocycles. The summed E-state index contributed by atoms with van der Waals surface area (Å²) in [7, 11) is 0. The minimum Gasteiger partial charge on any atom is -0.353 e. The van der Waals surface area contributed by atoms with E-state index in [1.807, 2.05) is 30.7 Å². The van der Waals surface area contributed by atoms with Gasteiger partial charge in [0.2, 0.25) is 5.95 Å². The van der Waals surface area contributed by atoms with Crippen LogP contribution in [0.3, 0.4) is 0 Å². The molecule has 98 valence electrons. The lowest BCUT2D eigenvalue weighted by Crippen LogP contribution is -2.29. The summed E-state index contributed by atoms with van der Waals surface area (Å²) >= 11 is 0. The molecule has 3 rings (SSSR count). The van der Waals surface area contributed by atoms with Crippen molar-refractivity contribution >= 4 is 5.95 Å². The molecular formula is C14H17N5. The molecule has 1 atom stereocenters. The Bertz CT molecular complexity index is 505. The van der Waals surface area contributed by atoms with Gasteiger partial charge < -0.3 is 10.6 Å². The monoisotopic (exact) mass is 255 g/mol. The number of anilines is 1. The van der Waals surface area contributed by atoms with Crippen LogP contribution in [0.25, 0.3) is 11.1 Å². The van der Waals surface area contributed by atoms with Gasteiger partial charge in [-0.3, -0.25) is 4.98 Å². The van der Waals surface area contributed by atoms with Crippen LogP contribution in [0.1, 0.15) is 12.8 Å². The first-order valence-corrected chi connectivity index (χ1v) is 6.61. The van der Waals surface area contributed by atoms with Crippen LogP contribution in [0.4, 0.5) is 5.95 Å². The Kier molecular flexibility index (Phi) is 3.65. The molecule has 2 aromatic heterocycles. The summed E-state index contributed by atoms with van der Waals surface area (Å²) in [5, 5.41) is 6.70. The molecule has 1 aliphatic heterocycles. The van der Waals surface area contributed by atoms with Crippen LogP contribution in [0, 0.1) is 0 Å². The van der Waals surface area contributed by atoms with Gasteiger partial charge in [-0.25, -0.2) is 9.97 Å². The third kappa shape index (κ3) is 3.06. The lowest BCUT2D eigenvalue weighted by Gasteiger charge is -2.11. The zero-order valence-corrected chi connectivity index (χ0v) is 10.7. The van der Waals surface area contributed by atoms with Crippen LogP contribution in [-0.4, -0.2) is 34.1 Å². The maximum Gasteiger partial charge on any atom is 0.222 e. The van der Waals surface area contributed by atoms with Gasteiger partial charge in [0, 0.05) is 48.5 Å². The van der Waals surface area contributed by atoms with E-state index < -0.39 is 0 Å². The van der Waals surface area contributed by atoms with Crippen LogP contribution >= 0.6 is 0 Å². The van der Waals surface area contributed by atoms with Gasteiger partial charge in [0.1, 0.15) is 0 Å². The highest BCUT2D eigenvalue weighted by Crippen LogP contribution is 2.16. The van der Waals surface area contributed by atoms with Gasteiger partial charge in [0.15, 0.2) is 0 Å². The summed E-state index contributed by atoms with van der Waals surface area (Å²) in [6, 6.07) is 4.45. The van der Waals surface area contributed by atoms with Crippen molar-refractivity contribution in [1.82, 2.24) is 20.3 Å². The van der Waals surface area contributed by atoms with Crippen LogP contribution in [0.2, 0.25) is 0 Å². The summed E-state index contributed by atoms with van der Waals surface area (Å²) in [6.07, 6.45) is 9.71. The first-order valence-electron chi connectivity index (χ1n) is 6.61. The fourth-order valence-corrected chi connectivity index (χ4v) is 2.25. The highest BCUT2D eigenvalue weighted by Gasteiger charge is 2.13. The average Bonchev–Trinajstić information content (AvgIpc) is 3.00. The fraction of sp³-hybridized carbons (Fsp3) is 0.357. The molecule has 0 amide bonds. The van der Waals surface area contributed by atoms with Gasteiger partial charge in [-0.1, -0.05) is 6.07 Å². The molecule has 0 bridgehead atoms. The molecule has 0 radical (unpaired) electrons. The minimum atomic E-state index is 0.543. The second-order valence-electron chi connectivity index (χ2n) is 4.71. The molecule has 0 saturated carbocycles. The second kappa shape index (κ2) is 5.75. The smallest absolute Gasteiger partial charge is 0.222 e. The summed E-state index contributed by atoms with van der Waals surface area (Å²) in [5.41, 5.74) is 2.02. The highest BCUT2D eigenvalue weighted by atomic mass is 15.1. The average molecular weight is 255 g/mol. The minimum absolute atomic E-state index is 0.543. The summed E-state index contributed by atoms with van der Waals surface area (Å²) in [6.45, 7) is 2.00.